The van der Waals surface area contributed by atoms with Crippen LogP contribution in [-0.4, -0.2) is 66.8 Å². The number of benzene rings is 1. The molecule has 2 saturated heterocycles. The molecule has 9 heteroatoms. The van der Waals surface area contributed by atoms with Crippen molar-refractivity contribution in [1.82, 2.24) is 15.0 Å². The van der Waals surface area contributed by atoms with Gasteiger partial charge in [-0.2, -0.15) is 20.1 Å². The maximum absolute atomic E-state index is 5.46. The van der Waals surface area contributed by atoms with Crippen LogP contribution >= 0.6 is 11.8 Å². The monoisotopic (exact) mass is 413 g/mol. The number of nitrogens with zero attached hydrogens (tertiary/aromatic N) is 6. The van der Waals surface area contributed by atoms with Crippen LogP contribution in [0, 0.1) is 0 Å². The van der Waals surface area contributed by atoms with Gasteiger partial charge < -0.3 is 14.5 Å². The number of rotatable bonds is 6. The molecule has 154 valence electrons. The van der Waals surface area contributed by atoms with Crippen LogP contribution in [0.1, 0.15) is 24.8 Å². The number of morpholine rings is 1. The fraction of sp³-hybridized carbons (Fsp3) is 0.500. The molecule has 0 atom stereocenters. The molecule has 0 amide bonds. The van der Waals surface area contributed by atoms with Crippen LogP contribution in [0.4, 0.5) is 17.8 Å². The van der Waals surface area contributed by atoms with E-state index in [-0.39, 0.29) is 0 Å². The first-order valence-corrected chi connectivity index (χ1v) is 11.3. The maximum atomic E-state index is 5.46. The van der Waals surface area contributed by atoms with Crippen molar-refractivity contribution in [2.75, 3.05) is 60.9 Å². The van der Waals surface area contributed by atoms with Crippen LogP contribution in [0.5, 0.6) is 0 Å². The number of hydrogen-bond donors (Lipinski definition) is 1. The number of thioether (sulfide) groups is 1. The third-order valence-corrected chi connectivity index (χ3v) is 5.78. The molecule has 0 unspecified atom stereocenters. The first-order valence-electron chi connectivity index (χ1n) is 10.1. The summed E-state index contributed by atoms with van der Waals surface area (Å²) in [4.78, 5) is 19.6. The zero-order chi connectivity index (χ0) is 19.9. The summed E-state index contributed by atoms with van der Waals surface area (Å²) in [6, 6.07) is 8.26. The van der Waals surface area contributed by atoms with E-state index in [0.29, 0.717) is 25.1 Å². The Bertz CT molecular complexity index is 782. The summed E-state index contributed by atoms with van der Waals surface area (Å²) in [5, 5.41) is 4.34. The fourth-order valence-corrected chi connectivity index (χ4v) is 3.81. The number of aromatic nitrogens is 3. The molecule has 29 heavy (non-hydrogen) atoms. The predicted molar refractivity (Wildman–Crippen MR) is 118 cm³/mol. The van der Waals surface area contributed by atoms with Crippen LogP contribution in [0.3, 0.4) is 0 Å². The Balaban J connectivity index is 1.52. The Morgan fingerprint density at radius 2 is 1.59 bits per heavy atom. The van der Waals surface area contributed by atoms with Gasteiger partial charge in [0.15, 0.2) is 0 Å². The Hall–Kier alpha value is -2.39. The Kier molecular flexibility index (Phi) is 6.79. The summed E-state index contributed by atoms with van der Waals surface area (Å²) in [5.41, 5.74) is 4.02. The first kappa shape index (κ1) is 19.9. The van der Waals surface area contributed by atoms with Crippen molar-refractivity contribution in [3.05, 3.63) is 29.8 Å². The second kappa shape index (κ2) is 9.89. The highest BCUT2D eigenvalue weighted by Crippen LogP contribution is 2.21. The molecule has 3 heterocycles. The van der Waals surface area contributed by atoms with E-state index in [2.05, 4.69) is 48.7 Å². The minimum atomic E-state index is 0.471. The molecule has 2 fully saturated rings. The summed E-state index contributed by atoms with van der Waals surface area (Å²) in [6.45, 7) is 4.92. The number of piperidine rings is 1. The van der Waals surface area contributed by atoms with Gasteiger partial charge in [0.1, 0.15) is 0 Å². The predicted octanol–water partition coefficient (Wildman–Crippen LogP) is 2.87. The number of ether oxygens (including phenoxy) is 1. The fourth-order valence-electron chi connectivity index (χ4n) is 3.40. The standard InChI is InChI=1S/C20H27N7OS/c1-29-17-7-5-16(6-8-17)15-21-25-18-22-19(26-9-3-2-4-10-26)24-20(23-18)27-11-13-28-14-12-27/h5-8,15H,2-4,9-14H2,1H3,(H,22,23,24,25)/b21-15-. The normalized spacial score (nSPS) is 17.7. The van der Waals surface area contributed by atoms with Gasteiger partial charge in [-0.25, -0.2) is 5.43 Å². The van der Waals surface area contributed by atoms with Gasteiger partial charge in [-0.05, 0) is 43.2 Å². The lowest BCUT2D eigenvalue weighted by Crippen LogP contribution is -2.38. The summed E-state index contributed by atoms with van der Waals surface area (Å²) in [6.07, 6.45) is 7.46. The largest absolute Gasteiger partial charge is 0.378 e. The molecule has 2 aromatic rings. The van der Waals surface area contributed by atoms with Crippen molar-refractivity contribution >= 4 is 35.8 Å². The van der Waals surface area contributed by atoms with E-state index in [4.69, 9.17) is 9.72 Å². The van der Waals surface area contributed by atoms with Gasteiger partial charge in [0.05, 0.1) is 19.4 Å². The van der Waals surface area contributed by atoms with E-state index in [1.807, 2.05) is 12.1 Å². The van der Waals surface area contributed by atoms with E-state index in [1.54, 1.807) is 18.0 Å². The van der Waals surface area contributed by atoms with Crippen LogP contribution in [0.25, 0.3) is 0 Å². The van der Waals surface area contributed by atoms with Gasteiger partial charge in [-0.3, -0.25) is 0 Å². The lowest BCUT2D eigenvalue weighted by atomic mass is 10.1. The van der Waals surface area contributed by atoms with Gasteiger partial charge in [-0.1, -0.05) is 12.1 Å². The highest BCUT2D eigenvalue weighted by molar-refractivity contribution is 7.98. The van der Waals surface area contributed by atoms with Gasteiger partial charge >= 0.3 is 0 Å². The Morgan fingerprint density at radius 3 is 2.24 bits per heavy atom. The summed E-state index contributed by atoms with van der Waals surface area (Å²) in [5.74, 6) is 1.88. The maximum Gasteiger partial charge on any atom is 0.250 e. The molecule has 1 N–H and O–H groups in total. The molecule has 0 aliphatic carbocycles. The zero-order valence-corrected chi connectivity index (χ0v) is 17.6. The smallest absolute Gasteiger partial charge is 0.250 e. The number of nitrogens with one attached hydrogen (secondary N) is 1. The highest BCUT2D eigenvalue weighted by Gasteiger charge is 2.20. The lowest BCUT2D eigenvalue weighted by molar-refractivity contribution is 0.122. The van der Waals surface area contributed by atoms with Crippen LogP contribution < -0.4 is 15.2 Å². The summed E-state index contributed by atoms with van der Waals surface area (Å²) < 4.78 is 5.46. The van der Waals surface area contributed by atoms with Crippen molar-refractivity contribution in [3.8, 4) is 0 Å². The molecule has 0 saturated carbocycles. The SMILES string of the molecule is CSc1ccc(/C=N\Nc2nc(N3CCCCC3)nc(N3CCOCC3)n2)cc1. The molecule has 4 rings (SSSR count). The molecule has 2 aliphatic rings. The van der Waals surface area contributed by atoms with Crippen molar-refractivity contribution in [2.45, 2.75) is 24.2 Å². The molecule has 2 aliphatic heterocycles. The van der Waals surface area contributed by atoms with Gasteiger partial charge in [-0.15, -0.1) is 11.8 Å². The second-order valence-electron chi connectivity index (χ2n) is 7.05. The van der Waals surface area contributed by atoms with Crippen LogP contribution in [0.2, 0.25) is 0 Å². The summed E-state index contributed by atoms with van der Waals surface area (Å²) >= 11 is 1.72. The van der Waals surface area contributed by atoms with Gasteiger partial charge in [0, 0.05) is 31.1 Å². The van der Waals surface area contributed by atoms with Crippen molar-refractivity contribution in [2.24, 2.45) is 5.10 Å². The van der Waals surface area contributed by atoms with Gasteiger partial charge in [0.2, 0.25) is 17.8 Å². The third-order valence-electron chi connectivity index (χ3n) is 5.04. The van der Waals surface area contributed by atoms with Gasteiger partial charge in [0.25, 0.3) is 0 Å². The number of hydrazone groups is 1. The minimum Gasteiger partial charge on any atom is -0.378 e. The lowest BCUT2D eigenvalue weighted by Gasteiger charge is -2.30. The van der Waals surface area contributed by atoms with E-state index in [9.17, 15) is 0 Å². The second-order valence-corrected chi connectivity index (χ2v) is 7.93. The first-order chi connectivity index (χ1) is 14.3. The Morgan fingerprint density at radius 1 is 0.931 bits per heavy atom. The molecular weight excluding hydrogens is 386 g/mol. The van der Waals surface area contributed by atoms with Crippen LogP contribution in [-0.2, 0) is 4.74 Å². The minimum absolute atomic E-state index is 0.471. The summed E-state index contributed by atoms with van der Waals surface area (Å²) in [7, 11) is 0. The molecule has 0 spiro atoms. The quantitative estimate of drug-likeness (QED) is 0.440. The van der Waals surface area contributed by atoms with Crippen molar-refractivity contribution < 1.29 is 4.74 Å². The topological polar surface area (TPSA) is 78.8 Å². The molecule has 0 radical (unpaired) electrons. The van der Waals surface area contributed by atoms with Crippen LogP contribution in [0.15, 0.2) is 34.3 Å². The van der Waals surface area contributed by atoms with E-state index < -0.39 is 0 Å². The Labute approximate surface area is 175 Å². The average Bonchev–Trinajstić information content (AvgIpc) is 2.80. The molecular formula is C20H27N7OS. The molecule has 8 nitrogen and oxygen atoms in total. The number of anilines is 3. The van der Waals surface area contributed by atoms with Crippen molar-refractivity contribution in [3.63, 3.8) is 0 Å². The van der Waals surface area contributed by atoms with E-state index in [0.717, 1.165) is 37.7 Å². The van der Waals surface area contributed by atoms with E-state index >= 15 is 0 Å². The molecule has 1 aromatic heterocycles. The van der Waals surface area contributed by atoms with E-state index in [1.165, 1.54) is 24.2 Å². The third kappa shape index (κ3) is 5.36. The highest BCUT2D eigenvalue weighted by atomic mass is 32.2. The molecule has 0 bridgehead atoms. The average molecular weight is 414 g/mol. The zero-order valence-electron chi connectivity index (χ0n) is 16.8. The molecule has 1 aromatic carbocycles. The van der Waals surface area contributed by atoms with Crippen molar-refractivity contribution in [1.29, 1.82) is 0 Å². The number of hydrogen-bond acceptors (Lipinski definition) is 9.